The standard InChI is InChI=1S/C7H11NO2.2C2H6/c1-4-7(10)8(3)5-6(2)9;2*1-2/h4H,1,5H2,2-3H3;2*1-2H3. The fourth-order valence-electron chi connectivity index (χ4n) is 0.568. The second kappa shape index (κ2) is 14.4. The lowest BCUT2D eigenvalue weighted by molar-refractivity contribution is -0.129. The Morgan fingerprint density at radius 3 is 1.79 bits per heavy atom. The first-order valence-corrected chi connectivity index (χ1v) is 4.95. The van der Waals surface area contributed by atoms with E-state index >= 15 is 0 Å². The van der Waals surface area contributed by atoms with Crippen LogP contribution in [0.2, 0.25) is 0 Å². The molecule has 0 N–H and O–H groups in total. The number of nitrogens with zero attached hydrogens (tertiary/aromatic N) is 1. The van der Waals surface area contributed by atoms with Crippen LogP contribution < -0.4 is 0 Å². The summed E-state index contributed by atoms with van der Waals surface area (Å²) in [6, 6.07) is 0. The van der Waals surface area contributed by atoms with Crippen LogP contribution in [0.3, 0.4) is 0 Å². The van der Waals surface area contributed by atoms with Gasteiger partial charge >= 0.3 is 0 Å². The van der Waals surface area contributed by atoms with Crippen LogP contribution in [0.15, 0.2) is 12.7 Å². The fourth-order valence-corrected chi connectivity index (χ4v) is 0.568. The van der Waals surface area contributed by atoms with Gasteiger partial charge in [-0.15, -0.1) is 0 Å². The van der Waals surface area contributed by atoms with E-state index in [4.69, 9.17) is 0 Å². The zero-order valence-corrected chi connectivity index (χ0v) is 10.3. The Hall–Kier alpha value is -1.12. The first-order chi connectivity index (χ1) is 6.57. The number of hydrogen-bond acceptors (Lipinski definition) is 2. The second-order valence-electron chi connectivity index (χ2n) is 2.10. The van der Waals surface area contributed by atoms with Crippen LogP contribution in [0.4, 0.5) is 0 Å². The van der Waals surface area contributed by atoms with Crippen molar-refractivity contribution >= 4 is 11.7 Å². The van der Waals surface area contributed by atoms with Gasteiger partial charge in [-0.2, -0.15) is 0 Å². The van der Waals surface area contributed by atoms with Crippen molar-refractivity contribution in [1.29, 1.82) is 0 Å². The van der Waals surface area contributed by atoms with Gasteiger partial charge in [0.25, 0.3) is 0 Å². The van der Waals surface area contributed by atoms with Crippen molar-refractivity contribution in [3.8, 4) is 0 Å². The highest BCUT2D eigenvalue weighted by Gasteiger charge is 2.04. The summed E-state index contributed by atoms with van der Waals surface area (Å²) < 4.78 is 0. The van der Waals surface area contributed by atoms with E-state index in [0.717, 1.165) is 0 Å². The third kappa shape index (κ3) is 13.5. The van der Waals surface area contributed by atoms with Crippen LogP contribution in [0.5, 0.6) is 0 Å². The monoisotopic (exact) mass is 201 g/mol. The molecule has 0 aromatic heterocycles. The molecule has 84 valence electrons. The van der Waals surface area contributed by atoms with Gasteiger partial charge in [-0.05, 0) is 13.0 Å². The number of likely N-dealkylation sites (N-methyl/N-ethyl adjacent to an activating group) is 1. The lowest BCUT2D eigenvalue weighted by Gasteiger charge is -2.11. The van der Waals surface area contributed by atoms with Crippen molar-refractivity contribution in [3.05, 3.63) is 12.7 Å². The van der Waals surface area contributed by atoms with E-state index in [1.807, 2.05) is 27.7 Å². The Morgan fingerprint density at radius 2 is 1.57 bits per heavy atom. The van der Waals surface area contributed by atoms with Gasteiger partial charge in [0.15, 0.2) is 0 Å². The fraction of sp³-hybridized carbons (Fsp3) is 0.636. The summed E-state index contributed by atoms with van der Waals surface area (Å²) in [5, 5.41) is 0. The molecule has 0 bridgehead atoms. The number of hydrogen-bond donors (Lipinski definition) is 0. The van der Waals surface area contributed by atoms with Gasteiger partial charge in [-0.1, -0.05) is 34.3 Å². The molecule has 0 atom stereocenters. The Labute approximate surface area is 87.8 Å². The van der Waals surface area contributed by atoms with Crippen LogP contribution in [-0.4, -0.2) is 30.2 Å². The van der Waals surface area contributed by atoms with E-state index in [2.05, 4.69) is 6.58 Å². The number of amides is 1. The summed E-state index contributed by atoms with van der Waals surface area (Å²) in [6.45, 7) is 12.9. The predicted octanol–water partition coefficient (Wildman–Crippen LogP) is 2.27. The molecule has 0 radical (unpaired) electrons. The minimum absolute atomic E-state index is 0.0299. The Bertz CT molecular complexity index is 165. The van der Waals surface area contributed by atoms with Crippen molar-refractivity contribution in [1.82, 2.24) is 4.90 Å². The van der Waals surface area contributed by atoms with Crippen LogP contribution in [0, 0.1) is 0 Å². The van der Waals surface area contributed by atoms with E-state index in [1.54, 1.807) is 7.05 Å². The molecule has 1 amide bonds. The first kappa shape index (κ1) is 18.6. The van der Waals surface area contributed by atoms with Crippen LogP contribution in [0.25, 0.3) is 0 Å². The Balaban J connectivity index is -0.000000266. The maximum atomic E-state index is 10.7. The molecule has 0 unspecified atom stereocenters. The van der Waals surface area contributed by atoms with Gasteiger partial charge in [-0.25, -0.2) is 0 Å². The van der Waals surface area contributed by atoms with Gasteiger partial charge in [-0.3, -0.25) is 9.59 Å². The summed E-state index contributed by atoms with van der Waals surface area (Å²) in [7, 11) is 1.56. The van der Waals surface area contributed by atoms with E-state index in [0.29, 0.717) is 0 Å². The highest BCUT2D eigenvalue weighted by molar-refractivity contribution is 5.90. The molecule has 0 aromatic carbocycles. The van der Waals surface area contributed by atoms with Gasteiger partial charge < -0.3 is 4.90 Å². The molecule has 3 heteroatoms. The minimum Gasteiger partial charge on any atom is -0.335 e. The average Bonchev–Trinajstić information content (AvgIpc) is 2.21. The predicted molar refractivity (Wildman–Crippen MR) is 61.2 cm³/mol. The summed E-state index contributed by atoms with van der Waals surface area (Å²) in [5.41, 5.74) is 0. The average molecular weight is 201 g/mol. The van der Waals surface area contributed by atoms with Gasteiger partial charge in [0.05, 0.1) is 6.54 Å². The molecule has 0 spiro atoms. The van der Waals surface area contributed by atoms with Gasteiger partial charge in [0, 0.05) is 7.05 Å². The molecule has 0 fully saturated rings. The first-order valence-electron chi connectivity index (χ1n) is 4.95. The second-order valence-corrected chi connectivity index (χ2v) is 2.10. The number of carbonyl (C=O) groups excluding carboxylic acids is 2. The molecule has 0 aliphatic rings. The topological polar surface area (TPSA) is 37.4 Å². The van der Waals surface area contributed by atoms with Crippen LogP contribution >= 0.6 is 0 Å². The molecule has 0 rings (SSSR count). The zero-order chi connectivity index (χ0) is 12.1. The molecule has 3 nitrogen and oxygen atoms in total. The SMILES string of the molecule is C=CC(=O)N(C)CC(C)=O.CC.CC. The summed E-state index contributed by atoms with van der Waals surface area (Å²) in [6.07, 6.45) is 1.18. The van der Waals surface area contributed by atoms with Crippen LogP contribution in [0.1, 0.15) is 34.6 Å². The number of carbonyl (C=O) groups is 2. The lowest BCUT2D eigenvalue weighted by Crippen LogP contribution is -2.29. The van der Waals surface area contributed by atoms with E-state index in [-0.39, 0.29) is 18.2 Å². The summed E-state index contributed by atoms with van der Waals surface area (Å²) >= 11 is 0. The zero-order valence-electron chi connectivity index (χ0n) is 10.3. The third-order valence-corrected chi connectivity index (χ3v) is 1.01. The Kier molecular flexibility index (Phi) is 19.2. The molecular formula is C11H23NO2. The van der Waals surface area contributed by atoms with Gasteiger partial charge in [0.2, 0.25) is 5.91 Å². The van der Waals surface area contributed by atoms with Crippen molar-refractivity contribution in [3.63, 3.8) is 0 Å². The molecule has 0 aliphatic carbocycles. The maximum Gasteiger partial charge on any atom is 0.246 e. The largest absolute Gasteiger partial charge is 0.335 e. The lowest BCUT2D eigenvalue weighted by atomic mass is 10.4. The smallest absolute Gasteiger partial charge is 0.246 e. The molecule has 0 aromatic rings. The molecular weight excluding hydrogens is 178 g/mol. The van der Waals surface area contributed by atoms with Crippen molar-refractivity contribution in [2.45, 2.75) is 34.6 Å². The van der Waals surface area contributed by atoms with Crippen molar-refractivity contribution < 1.29 is 9.59 Å². The molecule has 0 heterocycles. The van der Waals surface area contributed by atoms with Crippen molar-refractivity contribution in [2.75, 3.05) is 13.6 Å². The minimum atomic E-state index is -0.227. The molecule has 0 aliphatic heterocycles. The molecule has 14 heavy (non-hydrogen) atoms. The van der Waals surface area contributed by atoms with Gasteiger partial charge in [0.1, 0.15) is 5.78 Å². The summed E-state index contributed by atoms with van der Waals surface area (Å²) in [4.78, 5) is 22.5. The van der Waals surface area contributed by atoms with E-state index in [9.17, 15) is 9.59 Å². The van der Waals surface area contributed by atoms with E-state index < -0.39 is 0 Å². The Morgan fingerprint density at radius 1 is 1.21 bits per heavy atom. The molecule has 0 saturated heterocycles. The number of rotatable bonds is 3. The summed E-state index contributed by atoms with van der Waals surface area (Å²) in [5.74, 6) is -0.257. The molecule has 0 saturated carbocycles. The number of Topliss-reactive ketones (excluding diaryl/α,β-unsaturated/α-hetero) is 1. The maximum absolute atomic E-state index is 10.7. The highest BCUT2D eigenvalue weighted by atomic mass is 16.2. The number of ketones is 1. The third-order valence-electron chi connectivity index (χ3n) is 1.01. The highest BCUT2D eigenvalue weighted by Crippen LogP contribution is 1.84. The van der Waals surface area contributed by atoms with Crippen molar-refractivity contribution in [2.24, 2.45) is 0 Å². The van der Waals surface area contributed by atoms with Crippen LogP contribution in [-0.2, 0) is 9.59 Å². The normalized spacial score (nSPS) is 7.00. The quantitative estimate of drug-likeness (QED) is 0.657. The van der Waals surface area contributed by atoms with E-state index in [1.165, 1.54) is 17.9 Å².